The molecule has 1 heterocycles. The molecular weight excluding hydrogens is 336 g/mol. The molecule has 0 bridgehead atoms. The van der Waals surface area contributed by atoms with Crippen LogP contribution < -0.4 is 20.1 Å². The normalized spacial score (nSPS) is 16.3. The average molecular weight is 356 g/mol. The van der Waals surface area contributed by atoms with Crippen molar-refractivity contribution in [3.63, 3.8) is 0 Å². The van der Waals surface area contributed by atoms with E-state index < -0.39 is 18.2 Å². The fourth-order valence-electron chi connectivity index (χ4n) is 2.89. The maximum atomic E-state index is 12.3. The molecule has 0 radical (unpaired) electrons. The van der Waals surface area contributed by atoms with Gasteiger partial charge in [-0.3, -0.25) is 5.32 Å². The van der Waals surface area contributed by atoms with Crippen LogP contribution in [0.15, 0.2) is 42.5 Å². The van der Waals surface area contributed by atoms with Crippen LogP contribution in [0.25, 0.3) is 0 Å². The average Bonchev–Trinajstić information content (AvgIpc) is 2.97. The molecule has 26 heavy (non-hydrogen) atoms. The van der Waals surface area contributed by atoms with Crippen LogP contribution in [0.3, 0.4) is 0 Å². The van der Waals surface area contributed by atoms with E-state index >= 15 is 0 Å². The van der Waals surface area contributed by atoms with Crippen LogP contribution in [-0.2, 0) is 4.74 Å². The molecule has 2 N–H and O–H groups in total. The lowest BCUT2D eigenvalue weighted by Crippen LogP contribution is -2.39. The van der Waals surface area contributed by atoms with E-state index in [1.807, 2.05) is 37.3 Å². The van der Waals surface area contributed by atoms with E-state index in [4.69, 9.17) is 14.2 Å². The number of methoxy groups -OCH3 is 2. The van der Waals surface area contributed by atoms with Crippen LogP contribution in [0.5, 0.6) is 11.5 Å². The van der Waals surface area contributed by atoms with Crippen molar-refractivity contribution in [3.05, 3.63) is 59.2 Å². The van der Waals surface area contributed by atoms with Crippen molar-refractivity contribution >= 4 is 12.0 Å². The number of carbonyl (C=O) groups is 2. The van der Waals surface area contributed by atoms with E-state index in [0.717, 1.165) is 5.56 Å². The second-order valence-electron chi connectivity index (χ2n) is 5.80. The molecule has 1 aliphatic heterocycles. The van der Waals surface area contributed by atoms with Crippen LogP contribution in [0.4, 0.5) is 4.79 Å². The number of hydrogen-bond donors (Lipinski definition) is 2. The lowest BCUT2D eigenvalue weighted by molar-refractivity contribution is 0.0335. The molecule has 0 saturated carbocycles. The lowest BCUT2D eigenvalue weighted by atomic mass is 10.1. The molecule has 7 nitrogen and oxygen atoms in total. The summed E-state index contributed by atoms with van der Waals surface area (Å²) >= 11 is 0. The monoisotopic (exact) mass is 356 g/mol. The molecule has 0 aromatic heterocycles. The molecule has 1 aliphatic rings. The number of nitrogens with one attached hydrogen (secondary N) is 2. The highest BCUT2D eigenvalue weighted by Gasteiger charge is 2.36. The third-order valence-corrected chi connectivity index (χ3v) is 4.20. The summed E-state index contributed by atoms with van der Waals surface area (Å²) in [5.41, 5.74) is 1.75. The van der Waals surface area contributed by atoms with Gasteiger partial charge in [0.15, 0.2) is 11.5 Å². The molecule has 2 atom stereocenters. The van der Waals surface area contributed by atoms with Crippen molar-refractivity contribution in [1.82, 2.24) is 10.6 Å². The minimum Gasteiger partial charge on any atom is -0.493 e. The zero-order valence-electron chi connectivity index (χ0n) is 14.7. The van der Waals surface area contributed by atoms with Gasteiger partial charge in [-0.15, -0.1) is 0 Å². The number of ether oxygens (including phenoxy) is 3. The SMILES string of the molecule is COc1ccc2c(c1OC)C(=O)O[C@H]2NC(=O)N[C@@H](C)c1ccccc1. The third kappa shape index (κ3) is 3.28. The molecule has 0 aliphatic carbocycles. The van der Waals surface area contributed by atoms with E-state index in [9.17, 15) is 9.59 Å². The topological polar surface area (TPSA) is 85.9 Å². The first-order chi connectivity index (χ1) is 12.5. The Balaban J connectivity index is 1.75. The van der Waals surface area contributed by atoms with Gasteiger partial charge in [-0.1, -0.05) is 30.3 Å². The molecular formula is C19H20N2O5. The van der Waals surface area contributed by atoms with E-state index in [-0.39, 0.29) is 17.4 Å². The van der Waals surface area contributed by atoms with Gasteiger partial charge in [-0.25, -0.2) is 9.59 Å². The maximum absolute atomic E-state index is 12.3. The van der Waals surface area contributed by atoms with Gasteiger partial charge in [-0.2, -0.15) is 0 Å². The molecule has 0 saturated heterocycles. The smallest absolute Gasteiger partial charge is 0.344 e. The Kier molecular flexibility index (Phi) is 4.97. The molecule has 2 aromatic rings. The van der Waals surface area contributed by atoms with Crippen molar-refractivity contribution in [2.45, 2.75) is 19.2 Å². The third-order valence-electron chi connectivity index (χ3n) is 4.20. The van der Waals surface area contributed by atoms with Gasteiger partial charge in [0.2, 0.25) is 6.23 Å². The number of fused-ring (bicyclic) bond motifs is 1. The van der Waals surface area contributed by atoms with Gasteiger partial charge in [0, 0.05) is 5.56 Å². The highest BCUT2D eigenvalue weighted by Crippen LogP contribution is 2.40. The summed E-state index contributed by atoms with van der Waals surface area (Å²) in [5, 5.41) is 5.49. The largest absolute Gasteiger partial charge is 0.493 e. The predicted octanol–water partition coefficient (Wildman–Crippen LogP) is 2.93. The van der Waals surface area contributed by atoms with Crippen molar-refractivity contribution in [2.75, 3.05) is 14.2 Å². The van der Waals surface area contributed by atoms with Crippen molar-refractivity contribution in [1.29, 1.82) is 0 Å². The zero-order chi connectivity index (χ0) is 18.7. The maximum Gasteiger partial charge on any atom is 0.344 e. The van der Waals surface area contributed by atoms with E-state index in [1.54, 1.807) is 12.1 Å². The van der Waals surface area contributed by atoms with Gasteiger partial charge in [-0.05, 0) is 24.6 Å². The summed E-state index contributed by atoms with van der Waals surface area (Å²) in [5.74, 6) is 0.139. The number of amides is 2. The standard InChI is InChI=1S/C19H20N2O5/c1-11(12-7-5-4-6-8-12)20-19(23)21-17-13-9-10-14(24-2)16(25-3)15(13)18(22)26-17/h4-11,17H,1-3H3,(H2,20,21,23)/t11-,17+/m0/s1. The van der Waals surface area contributed by atoms with Crippen molar-refractivity contribution in [2.24, 2.45) is 0 Å². The number of hydrogen-bond acceptors (Lipinski definition) is 5. The Bertz CT molecular complexity index is 822. The van der Waals surface area contributed by atoms with E-state index in [0.29, 0.717) is 11.3 Å². The van der Waals surface area contributed by atoms with Gasteiger partial charge in [0.1, 0.15) is 5.56 Å². The van der Waals surface area contributed by atoms with E-state index in [1.165, 1.54) is 14.2 Å². The van der Waals surface area contributed by atoms with Crippen LogP contribution in [0.1, 0.15) is 40.7 Å². The van der Waals surface area contributed by atoms with Crippen LogP contribution >= 0.6 is 0 Å². The minimum absolute atomic E-state index is 0.196. The minimum atomic E-state index is -0.889. The van der Waals surface area contributed by atoms with Gasteiger partial charge >= 0.3 is 12.0 Å². The second-order valence-corrected chi connectivity index (χ2v) is 5.80. The summed E-state index contributed by atoms with van der Waals surface area (Å²) < 4.78 is 15.8. The van der Waals surface area contributed by atoms with Crippen molar-refractivity contribution in [3.8, 4) is 11.5 Å². The lowest BCUT2D eigenvalue weighted by Gasteiger charge is -2.18. The Labute approximate surface area is 151 Å². The molecule has 0 unspecified atom stereocenters. The fourth-order valence-corrected chi connectivity index (χ4v) is 2.89. The summed E-state index contributed by atoms with van der Waals surface area (Å²) in [4.78, 5) is 24.5. The molecule has 136 valence electrons. The molecule has 0 spiro atoms. The second kappa shape index (κ2) is 7.35. The Morgan fingerprint density at radius 3 is 2.50 bits per heavy atom. The number of benzene rings is 2. The summed E-state index contributed by atoms with van der Waals surface area (Å²) in [6.07, 6.45) is -0.889. The Hall–Kier alpha value is -3.22. The number of cyclic esters (lactones) is 1. The predicted molar refractivity (Wildman–Crippen MR) is 94.2 cm³/mol. The molecule has 2 aromatic carbocycles. The Morgan fingerprint density at radius 1 is 1.12 bits per heavy atom. The van der Waals surface area contributed by atoms with Gasteiger partial charge in [0.05, 0.1) is 20.3 Å². The van der Waals surface area contributed by atoms with Gasteiger partial charge in [0.25, 0.3) is 0 Å². The van der Waals surface area contributed by atoms with Crippen LogP contribution in [0.2, 0.25) is 0 Å². The quantitative estimate of drug-likeness (QED) is 0.805. The van der Waals surface area contributed by atoms with Gasteiger partial charge < -0.3 is 19.5 Å². The first kappa shape index (κ1) is 17.6. The molecule has 7 heteroatoms. The number of urea groups is 1. The first-order valence-corrected chi connectivity index (χ1v) is 8.13. The summed E-state index contributed by atoms with van der Waals surface area (Å²) in [7, 11) is 2.93. The molecule has 0 fully saturated rings. The van der Waals surface area contributed by atoms with Crippen LogP contribution in [0, 0.1) is 0 Å². The Morgan fingerprint density at radius 2 is 1.85 bits per heavy atom. The molecule has 3 rings (SSSR count). The number of esters is 1. The summed E-state index contributed by atoms with van der Waals surface area (Å²) in [6, 6.07) is 12.3. The van der Waals surface area contributed by atoms with E-state index in [2.05, 4.69) is 10.6 Å². The summed E-state index contributed by atoms with van der Waals surface area (Å²) in [6.45, 7) is 1.87. The van der Waals surface area contributed by atoms with Crippen LogP contribution in [-0.4, -0.2) is 26.2 Å². The highest BCUT2D eigenvalue weighted by atomic mass is 16.6. The molecule has 2 amide bonds. The zero-order valence-corrected chi connectivity index (χ0v) is 14.7. The van der Waals surface area contributed by atoms with Crippen molar-refractivity contribution < 1.29 is 23.8 Å². The number of rotatable bonds is 5. The number of carbonyl (C=O) groups excluding carboxylic acids is 2. The highest BCUT2D eigenvalue weighted by molar-refractivity contribution is 5.98. The first-order valence-electron chi connectivity index (χ1n) is 8.13. The fraction of sp³-hybridized carbons (Fsp3) is 0.263.